The third-order valence-corrected chi connectivity index (χ3v) is 4.81. The molecule has 1 aliphatic rings. The third kappa shape index (κ3) is 2.56. The normalized spacial score (nSPS) is 15.1. The lowest BCUT2D eigenvalue weighted by Crippen LogP contribution is -2.27. The molecule has 0 radical (unpaired) electrons. The Labute approximate surface area is 122 Å². The van der Waals surface area contributed by atoms with Gasteiger partial charge in [-0.25, -0.2) is 4.98 Å². The molecular weight excluding hydrogens is 278 g/mol. The Balaban J connectivity index is 2.11. The Morgan fingerprint density at radius 1 is 1.37 bits per heavy atom. The van der Waals surface area contributed by atoms with Crippen LogP contribution < -0.4 is 4.90 Å². The number of hydrogen-bond acceptors (Lipinski definition) is 4. The summed E-state index contributed by atoms with van der Waals surface area (Å²) < 4.78 is 0. The second-order valence-electron chi connectivity index (χ2n) is 5.03. The van der Waals surface area contributed by atoms with Gasteiger partial charge >= 0.3 is 0 Å². The Morgan fingerprint density at radius 2 is 2.16 bits per heavy atom. The zero-order chi connectivity index (χ0) is 13.4. The van der Waals surface area contributed by atoms with Crippen molar-refractivity contribution in [3.05, 3.63) is 16.2 Å². The van der Waals surface area contributed by atoms with Crippen molar-refractivity contribution in [3.8, 4) is 0 Å². The Kier molecular flexibility index (Phi) is 3.63. The molecule has 0 bridgehead atoms. The van der Waals surface area contributed by atoms with E-state index >= 15 is 0 Å². The average Bonchev–Trinajstić information content (AvgIpc) is 3.14. The highest BCUT2D eigenvalue weighted by atomic mass is 35.5. The maximum absolute atomic E-state index is 6.10. The standard InChI is InChI=1S/C14H18ClN3S/c1-3-7-18(9-5-6-9)12-11-8-10(4-2)19-13(11)17-14(15)16-12/h8-9H,3-7H2,1-2H3. The van der Waals surface area contributed by atoms with Gasteiger partial charge in [-0.05, 0) is 43.4 Å². The number of fused-ring (bicyclic) bond motifs is 1. The highest BCUT2D eigenvalue weighted by Gasteiger charge is 2.31. The molecule has 0 N–H and O–H groups in total. The highest BCUT2D eigenvalue weighted by molar-refractivity contribution is 7.18. The number of halogens is 1. The second kappa shape index (κ2) is 5.25. The lowest BCUT2D eigenvalue weighted by atomic mass is 10.2. The van der Waals surface area contributed by atoms with Crippen LogP contribution in [0.15, 0.2) is 6.07 Å². The van der Waals surface area contributed by atoms with Crippen molar-refractivity contribution in [3.63, 3.8) is 0 Å². The molecule has 3 rings (SSSR count). The second-order valence-corrected chi connectivity index (χ2v) is 6.48. The fraction of sp³-hybridized carbons (Fsp3) is 0.571. The predicted molar refractivity (Wildman–Crippen MR) is 82.5 cm³/mol. The zero-order valence-electron chi connectivity index (χ0n) is 11.3. The average molecular weight is 296 g/mol. The summed E-state index contributed by atoms with van der Waals surface area (Å²) in [7, 11) is 0. The van der Waals surface area contributed by atoms with Crippen LogP contribution in [0, 0.1) is 0 Å². The molecule has 5 heteroatoms. The molecule has 0 spiro atoms. The molecule has 2 heterocycles. The van der Waals surface area contributed by atoms with E-state index in [1.807, 2.05) is 0 Å². The fourth-order valence-corrected chi connectivity index (χ4v) is 3.59. The highest BCUT2D eigenvalue weighted by Crippen LogP contribution is 2.37. The van der Waals surface area contributed by atoms with E-state index in [0.29, 0.717) is 11.3 Å². The summed E-state index contributed by atoms with van der Waals surface area (Å²) in [4.78, 5) is 13.7. The van der Waals surface area contributed by atoms with Gasteiger partial charge in [-0.15, -0.1) is 11.3 Å². The first-order valence-corrected chi connectivity index (χ1v) is 8.15. The van der Waals surface area contributed by atoms with E-state index in [-0.39, 0.29) is 0 Å². The molecule has 102 valence electrons. The van der Waals surface area contributed by atoms with Gasteiger partial charge in [-0.1, -0.05) is 13.8 Å². The van der Waals surface area contributed by atoms with Gasteiger partial charge in [0.25, 0.3) is 0 Å². The van der Waals surface area contributed by atoms with E-state index in [2.05, 4.69) is 34.8 Å². The molecule has 1 aliphatic carbocycles. The monoisotopic (exact) mass is 295 g/mol. The molecule has 0 aliphatic heterocycles. The summed E-state index contributed by atoms with van der Waals surface area (Å²) in [6.45, 7) is 5.43. The van der Waals surface area contributed by atoms with Crippen LogP contribution in [0.5, 0.6) is 0 Å². The van der Waals surface area contributed by atoms with Gasteiger partial charge in [0.1, 0.15) is 10.6 Å². The van der Waals surface area contributed by atoms with Crippen LogP contribution in [0.2, 0.25) is 5.28 Å². The molecule has 1 saturated carbocycles. The summed E-state index contributed by atoms with van der Waals surface area (Å²) in [5.74, 6) is 1.04. The Bertz CT molecular complexity index is 592. The molecule has 2 aromatic heterocycles. The summed E-state index contributed by atoms with van der Waals surface area (Å²) in [5, 5.41) is 1.54. The first kappa shape index (κ1) is 13.1. The lowest BCUT2D eigenvalue weighted by Gasteiger charge is -2.23. The number of rotatable bonds is 5. The van der Waals surface area contributed by atoms with Crippen LogP contribution in [0.25, 0.3) is 10.2 Å². The van der Waals surface area contributed by atoms with Gasteiger partial charge in [0, 0.05) is 17.5 Å². The minimum atomic E-state index is 0.369. The number of aromatic nitrogens is 2. The largest absolute Gasteiger partial charge is 0.353 e. The van der Waals surface area contributed by atoms with E-state index in [9.17, 15) is 0 Å². The van der Waals surface area contributed by atoms with Gasteiger partial charge in [0.05, 0.1) is 5.39 Å². The van der Waals surface area contributed by atoms with Crippen molar-refractivity contribution >= 4 is 39.0 Å². The third-order valence-electron chi connectivity index (χ3n) is 3.47. The smallest absolute Gasteiger partial charge is 0.225 e. The molecule has 1 fully saturated rings. The van der Waals surface area contributed by atoms with Crippen molar-refractivity contribution in [2.75, 3.05) is 11.4 Å². The molecule has 0 amide bonds. The fourth-order valence-electron chi connectivity index (χ4n) is 2.41. The summed E-state index contributed by atoms with van der Waals surface area (Å²) >= 11 is 7.83. The SMILES string of the molecule is CCCN(c1nc(Cl)nc2sc(CC)cc12)C1CC1. The van der Waals surface area contributed by atoms with Crippen LogP contribution in [-0.2, 0) is 6.42 Å². The zero-order valence-corrected chi connectivity index (χ0v) is 12.9. The molecule has 19 heavy (non-hydrogen) atoms. The number of hydrogen-bond donors (Lipinski definition) is 0. The first-order valence-electron chi connectivity index (χ1n) is 6.95. The van der Waals surface area contributed by atoms with Gasteiger partial charge in [-0.3, -0.25) is 0 Å². The number of thiophene rings is 1. The molecule has 0 unspecified atom stereocenters. The maximum Gasteiger partial charge on any atom is 0.225 e. The van der Waals surface area contributed by atoms with Crippen LogP contribution in [0.1, 0.15) is 38.0 Å². The maximum atomic E-state index is 6.10. The van der Waals surface area contributed by atoms with Gasteiger partial charge in [0.15, 0.2) is 0 Å². The molecule has 3 nitrogen and oxygen atoms in total. The Hall–Kier alpha value is -0.870. The quantitative estimate of drug-likeness (QED) is 0.771. The molecule has 2 aromatic rings. The topological polar surface area (TPSA) is 29.0 Å². The Morgan fingerprint density at radius 3 is 2.79 bits per heavy atom. The molecule has 0 atom stereocenters. The van der Waals surface area contributed by atoms with Gasteiger partial charge in [0.2, 0.25) is 5.28 Å². The van der Waals surface area contributed by atoms with Crippen molar-refractivity contribution in [2.45, 2.75) is 45.6 Å². The van der Waals surface area contributed by atoms with E-state index in [1.165, 1.54) is 23.1 Å². The summed E-state index contributed by atoms with van der Waals surface area (Å²) in [5.41, 5.74) is 0. The van der Waals surface area contributed by atoms with Crippen LogP contribution in [-0.4, -0.2) is 22.6 Å². The number of aryl methyl sites for hydroxylation is 1. The molecule has 0 saturated heterocycles. The summed E-state index contributed by atoms with van der Waals surface area (Å²) in [6, 6.07) is 2.88. The lowest BCUT2D eigenvalue weighted by molar-refractivity contribution is 0.753. The minimum Gasteiger partial charge on any atom is -0.353 e. The van der Waals surface area contributed by atoms with Gasteiger partial charge in [-0.2, -0.15) is 4.98 Å². The van der Waals surface area contributed by atoms with E-state index < -0.39 is 0 Å². The van der Waals surface area contributed by atoms with E-state index in [1.54, 1.807) is 11.3 Å². The van der Waals surface area contributed by atoms with Crippen LogP contribution in [0.3, 0.4) is 0 Å². The first-order chi connectivity index (χ1) is 9.22. The van der Waals surface area contributed by atoms with Crippen molar-refractivity contribution in [1.82, 2.24) is 9.97 Å². The van der Waals surface area contributed by atoms with Crippen LogP contribution in [0.4, 0.5) is 5.82 Å². The van der Waals surface area contributed by atoms with Crippen molar-refractivity contribution in [1.29, 1.82) is 0 Å². The number of nitrogens with zero attached hydrogens (tertiary/aromatic N) is 3. The number of anilines is 1. The van der Waals surface area contributed by atoms with E-state index in [4.69, 9.17) is 11.6 Å². The summed E-state index contributed by atoms with van der Waals surface area (Å²) in [6.07, 6.45) is 4.71. The molecule has 0 aromatic carbocycles. The van der Waals surface area contributed by atoms with Crippen molar-refractivity contribution in [2.24, 2.45) is 0 Å². The van der Waals surface area contributed by atoms with Crippen molar-refractivity contribution < 1.29 is 0 Å². The van der Waals surface area contributed by atoms with E-state index in [0.717, 1.165) is 30.0 Å². The minimum absolute atomic E-state index is 0.369. The van der Waals surface area contributed by atoms with Crippen LogP contribution >= 0.6 is 22.9 Å². The molecular formula is C14H18ClN3S. The van der Waals surface area contributed by atoms with Gasteiger partial charge < -0.3 is 4.90 Å². The predicted octanol–water partition coefficient (Wildman–Crippen LogP) is 4.29.